The summed E-state index contributed by atoms with van der Waals surface area (Å²) in [7, 11) is -3.09. The van der Waals surface area contributed by atoms with Gasteiger partial charge in [0.05, 0.1) is 18.6 Å². The first-order valence-corrected chi connectivity index (χ1v) is 11.0. The quantitative estimate of drug-likeness (QED) is 0.873. The van der Waals surface area contributed by atoms with E-state index in [0.717, 1.165) is 25.0 Å². The summed E-state index contributed by atoms with van der Waals surface area (Å²) in [6.07, 6.45) is 4.50. The second-order valence-corrected chi connectivity index (χ2v) is 9.64. The van der Waals surface area contributed by atoms with Gasteiger partial charge in [0, 0.05) is 19.1 Å². The summed E-state index contributed by atoms with van der Waals surface area (Å²) in [5.41, 5.74) is 2.83. The van der Waals surface area contributed by atoms with E-state index in [-0.39, 0.29) is 17.2 Å². The number of fused-ring (bicyclic) bond motifs is 2. The normalized spacial score (nSPS) is 22.6. The van der Waals surface area contributed by atoms with Crippen LogP contribution in [-0.2, 0) is 22.0 Å². The van der Waals surface area contributed by atoms with E-state index >= 15 is 0 Å². The van der Waals surface area contributed by atoms with Gasteiger partial charge in [-0.3, -0.25) is 0 Å². The molecule has 4 rings (SSSR count). The van der Waals surface area contributed by atoms with Gasteiger partial charge in [0.1, 0.15) is 5.76 Å². The Balaban J connectivity index is 1.53. The highest BCUT2D eigenvalue weighted by atomic mass is 32.2. The maximum Gasteiger partial charge on any atom is 0.213 e. The third-order valence-electron chi connectivity index (χ3n) is 6.04. The van der Waals surface area contributed by atoms with E-state index in [4.69, 9.17) is 4.42 Å². The Hall–Kier alpha value is -1.63. The Kier molecular flexibility index (Phi) is 4.67. The summed E-state index contributed by atoms with van der Waals surface area (Å²) in [6.45, 7) is 3.67. The van der Waals surface area contributed by atoms with Gasteiger partial charge in [-0.2, -0.15) is 0 Å². The molecule has 1 N–H and O–H groups in total. The van der Waals surface area contributed by atoms with Crippen molar-refractivity contribution in [2.45, 2.75) is 44.2 Å². The maximum atomic E-state index is 12.2. The Morgan fingerprint density at radius 1 is 1.19 bits per heavy atom. The van der Waals surface area contributed by atoms with Crippen molar-refractivity contribution in [3.8, 4) is 0 Å². The molecule has 5 nitrogen and oxygen atoms in total. The average molecular weight is 375 g/mol. The Bertz CT molecular complexity index is 853. The maximum absolute atomic E-state index is 12.2. The summed E-state index contributed by atoms with van der Waals surface area (Å²) in [6, 6.07) is 12.8. The summed E-state index contributed by atoms with van der Waals surface area (Å²) < 4.78 is 31.5. The summed E-state index contributed by atoms with van der Waals surface area (Å²) in [4.78, 5) is 0. The SMILES string of the molecule is CCS(=O)(=O)N1CCC2(CC1)C[C@H](NCc1ccco1)c1ccccc12. The number of piperidine rings is 1. The highest BCUT2D eigenvalue weighted by Crippen LogP contribution is 2.51. The first-order valence-electron chi connectivity index (χ1n) is 9.37. The number of rotatable bonds is 5. The molecule has 1 saturated heterocycles. The second kappa shape index (κ2) is 6.83. The topological polar surface area (TPSA) is 62.6 Å². The molecule has 1 spiro atoms. The van der Waals surface area contributed by atoms with Crippen molar-refractivity contribution in [1.29, 1.82) is 0 Å². The molecule has 2 heterocycles. The molecular weight excluding hydrogens is 348 g/mol. The van der Waals surface area contributed by atoms with Crippen LogP contribution in [0.25, 0.3) is 0 Å². The van der Waals surface area contributed by atoms with Crippen LogP contribution in [0.15, 0.2) is 47.1 Å². The molecule has 1 fully saturated rings. The number of sulfonamides is 1. The fourth-order valence-corrected chi connectivity index (χ4v) is 5.67. The van der Waals surface area contributed by atoms with Gasteiger partial charge < -0.3 is 9.73 Å². The second-order valence-electron chi connectivity index (χ2n) is 7.38. The summed E-state index contributed by atoms with van der Waals surface area (Å²) >= 11 is 0. The van der Waals surface area contributed by atoms with Gasteiger partial charge in [0.25, 0.3) is 0 Å². The Morgan fingerprint density at radius 3 is 2.65 bits per heavy atom. The van der Waals surface area contributed by atoms with Crippen LogP contribution in [0.3, 0.4) is 0 Å². The molecule has 0 bridgehead atoms. The largest absolute Gasteiger partial charge is 0.468 e. The monoisotopic (exact) mass is 374 g/mol. The van der Waals surface area contributed by atoms with Gasteiger partial charge in [0.2, 0.25) is 10.0 Å². The van der Waals surface area contributed by atoms with Crippen LogP contribution >= 0.6 is 0 Å². The number of nitrogens with one attached hydrogen (secondary N) is 1. The molecule has 1 aromatic carbocycles. The molecule has 0 radical (unpaired) electrons. The fraction of sp³-hybridized carbons (Fsp3) is 0.500. The first-order chi connectivity index (χ1) is 12.5. The van der Waals surface area contributed by atoms with E-state index in [2.05, 4.69) is 29.6 Å². The molecule has 1 aliphatic carbocycles. The summed E-state index contributed by atoms with van der Waals surface area (Å²) in [5.74, 6) is 1.12. The minimum Gasteiger partial charge on any atom is -0.468 e. The van der Waals surface area contributed by atoms with Gasteiger partial charge in [-0.15, -0.1) is 0 Å². The zero-order valence-corrected chi connectivity index (χ0v) is 16.0. The molecule has 6 heteroatoms. The third-order valence-corrected chi connectivity index (χ3v) is 7.92. The van der Waals surface area contributed by atoms with Crippen molar-refractivity contribution >= 4 is 10.0 Å². The standard InChI is InChI=1S/C20H26N2O3S/c1-2-26(23,24)22-11-9-20(10-12-22)14-19(17-7-3-4-8-18(17)20)21-15-16-6-5-13-25-16/h3-8,13,19,21H,2,9-12,14-15H2,1H3/t19-/m0/s1. The van der Waals surface area contributed by atoms with E-state index in [1.807, 2.05) is 12.1 Å². The minimum atomic E-state index is -3.09. The van der Waals surface area contributed by atoms with Gasteiger partial charge in [-0.1, -0.05) is 24.3 Å². The summed E-state index contributed by atoms with van der Waals surface area (Å²) in [5, 5.41) is 3.64. The van der Waals surface area contributed by atoms with Crippen molar-refractivity contribution in [3.63, 3.8) is 0 Å². The van der Waals surface area contributed by atoms with Gasteiger partial charge in [-0.05, 0) is 54.9 Å². The average Bonchev–Trinajstić information content (AvgIpc) is 3.28. The van der Waals surface area contributed by atoms with Crippen LogP contribution in [-0.4, -0.2) is 31.6 Å². The fourth-order valence-electron chi connectivity index (χ4n) is 4.56. The molecule has 2 aromatic rings. The third kappa shape index (κ3) is 3.10. The number of hydrogen-bond acceptors (Lipinski definition) is 4. The van der Waals surface area contributed by atoms with Gasteiger partial charge >= 0.3 is 0 Å². The van der Waals surface area contributed by atoms with Crippen LogP contribution in [0.2, 0.25) is 0 Å². The minimum absolute atomic E-state index is 0.0805. The number of benzene rings is 1. The lowest BCUT2D eigenvalue weighted by atomic mass is 9.74. The van der Waals surface area contributed by atoms with Crippen LogP contribution in [0.1, 0.15) is 49.1 Å². The molecular formula is C20H26N2O3S. The predicted molar refractivity (Wildman–Crippen MR) is 101 cm³/mol. The van der Waals surface area contributed by atoms with Crippen molar-refractivity contribution in [3.05, 3.63) is 59.5 Å². The first kappa shape index (κ1) is 17.8. The van der Waals surface area contributed by atoms with E-state index in [1.54, 1.807) is 17.5 Å². The van der Waals surface area contributed by atoms with Crippen molar-refractivity contribution < 1.29 is 12.8 Å². The molecule has 0 unspecified atom stereocenters. The van der Waals surface area contributed by atoms with Crippen molar-refractivity contribution in [2.24, 2.45) is 0 Å². The van der Waals surface area contributed by atoms with Crippen LogP contribution in [0.4, 0.5) is 0 Å². The predicted octanol–water partition coefficient (Wildman–Crippen LogP) is 3.20. The van der Waals surface area contributed by atoms with E-state index in [1.165, 1.54) is 11.1 Å². The molecule has 1 atom stereocenters. The van der Waals surface area contributed by atoms with Crippen LogP contribution in [0.5, 0.6) is 0 Å². The number of nitrogens with zero attached hydrogens (tertiary/aromatic N) is 1. The number of hydrogen-bond donors (Lipinski definition) is 1. The zero-order chi connectivity index (χ0) is 18.2. The lowest BCUT2D eigenvalue weighted by Crippen LogP contribution is -2.45. The zero-order valence-electron chi connectivity index (χ0n) is 15.1. The lowest BCUT2D eigenvalue weighted by Gasteiger charge is -2.39. The molecule has 0 saturated carbocycles. The molecule has 26 heavy (non-hydrogen) atoms. The van der Waals surface area contributed by atoms with Crippen molar-refractivity contribution in [2.75, 3.05) is 18.8 Å². The van der Waals surface area contributed by atoms with Gasteiger partial charge in [0.15, 0.2) is 0 Å². The van der Waals surface area contributed by atoms with E-state index in [9.17, 15) is 8.42 Å². The Morgan fingerprint density at radius 2 is 1.96 bits per heavy atom. The molecule has 0 amide bonds. The van der Waals surface area contributed by atoms with Crippen LogP contribution in [0, 0.1) is 0 Å². The molecule has 1 aliphatic heterocycles. The van der Waals surface area contributed by atoms with E-state index in [0.29, 0.717) is 19.6 Å². The van der Waals surface area contributed by atoms with E-state index < -0.39 is 10.0 Å². The Labute approximate surface area is 155 Å². The lowest BCUT2D eigenvalue weighted by molar-refractivity contribution is 0.219. The number of furan rings is 1. The van der Waals surface area contributed by atoms with Crippen molar-refractivity contribution in [1.82, 2.24) is 9.62 Å². The highest BCUT2D eigenvalue weighted by Gasteiger charge is 2.46. The van der Waals surface area contributed by atoms with Gasteiger partial charge in [-0.25, -0.2) is 12.7 Å². The van der Waals surface area contributed by atoms with Crippen LogP contribution < -0.4 is 5.32 Å². The molecule has 1 aromatic heterocycles. The molecule has 2 aliphatic rings. The molecule has 140 valence electrons. The smallest absolute Gasteiger partial charge is 0.213 e. The highest BCUT2D eigenvalue weighted by molar-refractivity contribution is 7.89.